The zero-order chi connectivity index (χ0) is 16.1. The molecule has 2 aliphatic rings. The third-order valence-corrected chi connectivity index (χ3v) is 5.02. The predicted octanol–water partition coefficient (Wildman–Crippen LogP) is 1.51. The number of rotatable bonds is 5. The summed E-state index contributed by atoms with van der Waals surface area (Å²) in [7, 11) is 0. The Hall–Kier alpha value is -0.890. The number of piperidine rings is 2. The second kappa shape index (κ2) is 11.0. The van der Waals surface area contributed by atoms with Gasteiger partial charge in [-0.2, -0.15) is 0 Å². The Balaban J connectivity index is 0.00000156. The summed E-state index contributed by atoms with van der Waals surface area (Å²) in [5.74, 6) is 0.724. The van der Waals surface area contributed by atoms with Crippen LogP contribution >= 0.6 is 24.8 Å². The first-order valence-corrected chi connectivity index (χ1v) is 8.85. The minimum Gasteiger partial charge on any atom is -0.349 e. The Bertz CT molecular complexity index is 512. The average molecular weight is 393 g/mol. The third-order valence-electron chi connectivity index (χ3n) is 5.02. The second-order valence-electron chi connectivity index (χ2n) is 6.85. The number of carbonyl (C=O) groups is 1. The molecule has 9 heteroatoms. The van der Waals surface area contributed by atoms with E-state index in [0.717, 1.165) is 51.5 Å². The SMILES string of the molecule is CC1CCN(CCNC(=O)c2cn(C3CCNCC3)nn2)CC1.Cl.Cl. The van der Waals surface area contributed by atoms with Crippen LogP contribution in [0.3, 0.4) is 0 Å². The molecule has 1 amide bonds. The van der Waals surface area contributed by atoms with Gasteiger partial charge < -0.3 is 15.5 Å². The van der Waals surface area contributed by atoms with Crippen molar-refractivity contribution >= 4 is 30.7 Å². The Morgan fingerprint density at radius 3 is 2.60 bits per heavy atom. The van der Waals surface area contributed by atoms with Gasteiger partial charge in [-0.15, -0.1) is 29.9 Å². The van der Waals surface area contributed by atoms with E-state index in [1.54, 1.807) is 6.20 Å². The summed E-state index contributed by atoms with van der Waals surface area (Å²) >= 11 is 0. The van der Waals surface area contributed by atoms with E-state index < -0.39 is 0 Å². The highest BCUT2D eigenvalue weighted by molar-refractivity contribution is 5.91. The predicted molar refractivity (Wildman–Crippen MR) is 103 cm³/mol. The van der Waals surface area contributed by atoms with Crippen LogP contribution in [0, 0.1) is 5.92 Å². The molecule has 0 atom stereocenters. The Morgan fingerprint density at radius 1 is 1.24 bits per heavy atom. The quantitative estimate of drug-likeness (QED) is 0.793. The average Bonchev–Trinajstić information content (AvgIpc) is 3.07. The largest absolute Gasteiger partial charge is 0.349 e. The normalized spacial score (nSPS) is 19.7. The van der Waals surface area contributed by atoms with E-state index in [-0.39, 0.29) is 30.7 Å². The number of aromatic nitrogens is 3. The molecule has 1 aromatic heterocycles. The lowest BCUT2D eigenvalue weighted by atomic mass is 9.99. The maximum absolute atomic E-state index is 12.2. The van der Waals surface area contributed by atoms with Gasteiger partial charge in [0.1, 0.15) is 0 Å². The van der Waals surface area contributed by atoms with Crippen molar-refractivity contribution in [3.63, 3.8) is 0 Å². The lowest BCUT2D eigenvalue weighted by Gasteiger charge is -2.30. The van der Waals surface area contributed by atoms with E-state index in [2.05, 4.69) is 32.8 Å². The molecule has 25 heavy (non-hydrogen) atoms. The van der Waals surface area contributed by atoms with Gasteiger partial charge in [0.25, 0.3) is 5.91 Å². The summed E-state index contributed by atoms with van der Waals surface area (Å²) in [6.07, 6.45) is 6.39. The molecule has 2 aliphatic heterocycles. The molecule has 2 N–H and O–H groups in total. The number of likely N-dealkylation sites (tertiary alicyclic amines) is 1. The molecule has 3 heterocycles. The zero-order valence-electron chi connectivity index (χ0n) is 14.8. The first-order chi connectivity index (χ1) is 11.2. The molecule has 0 radical (unpaired) electrons. The molecule has 144 valence electrons. The molecular weight excluding hydrogens is 363 g/mol. The molecule has 0 unspecified atom stereocenters. The molecule has 0 saturated carbocycles. The van der Waals surface area contributed by atoms with Gasteiger partial charge in [0, 0.05) is 13.1 Å². The number of nitrogens with one attached hydrogen (secondary N) is 2. The van der Waals surface area contributed by atoms with Crippen molar-refractivity contribution < 1.29 is 4.79 Å². The standard InChI is InChI=1S/C16H28N6O.2ClH/c1-13-4-9-21(10-5-13)11-8-18-16(23)15-12-22(20-19-15)14-2-6-17-7-3-14;;/h12-14,17H,2-11H2,1H3,(H,18,23);2*1H. The lowest BCUT2D eigenvalue weighted by Crippen LogP contribution is -2.39. The summed E-state index contributed by atoms with van der Waals surface area (Å²) in [5.41, 5.74) is 0.427. The number of carbonyl (C=O) groups excluding carboxylic acids is 1. The van der Waals surface area contributed by atoms with Gasteiger partial charge in [-0.05, 0) is 57.8 Å². The van der Waals surface area contributed by atoms with E-state index in [4.69, 9.17) is 0 Å². The number of hydrogen-bond donors (Lipinski definition) is 2. The van der Waals surface area contributed by atoms with Crippen LogP contribution in [-0.4, -0.2) is 65.1 Å². The van der Waals surface area contributed by atoms with Crippen LogP contribution in [0.25, 0.3) is 0 Å². The van der Waals surface area contributed by atoms with Gasteiger partial charge >= 0.3 is 0 Å². The van der Waals surface area contributed by atoms with Crippen LogP contribution in [-0.2, 0) is 0 Å². The number of hydrogen-bond acceptors (Lipinski definition) is 5. The van der Waals surface area contributed by atoms with Crippen molar-refractivity contribution in [2.24, 2.45) is 5.92 Å². The van der Waals surface area contributed by atoms with Gasteiger partial charge in [-0.1, -0.05) is 12.1 Å². The van der Waals surface area contributed by atoms with Crippen molar-refractivity contribution in [2.45, 2.75) is 38.6 Å². The zero-order valence-corrected chi connectivity index (χ0v) is 16.4. The molecule has 1 aromatic rings. The first kappa shape index (κ1) is 22.2. The summed E-state index contributed by atoms with van der Waals surface area (Å²) in [6.45, 7) is 8.19. The molecule has 7 nitrogen and oxygen atoms in total. The highest BCUT2D eigenvalue weighted by atomic mass is 35.5. The highest BCUT2D eigenvalue weighted by Gasteiger charge is 2.19. The van der Waals surface area contributed by atoms with E-state index >= 15 is 0 Å². The molecule has 0 aliphatic carbocycles. The number of nitrogens with zero attached hydrogens (tertiary/aromatic N) is 4. The topological polar surface area (TPSA) is 75.1 Å². The Labute approximate surface area is 162 Å². The van der Waals surface area contributed by atoms with Crippen molar-refractivity contribution in [3.8, 4) is 0 Å². The second-order valence-corrected chi connectivity index (χ2v) is 6.85. The van der Waals surface area contributed by atoms with Gasteiger partial charge in [-0.3, -0.25) is 4.79 Å². The van der Waals surface area contributed by atoms with E-state index in [9.17, 15) is 4.79 Å². The van der Waals surface area contributed by atoms with Gasteiger partial charge in [0.15, 0.2) is 5.69 Å². The van der Waals surface area contributed by atoms with Crippen molar-refractivity contribution in [2.75, 3.05) is 39.3 Å². The van der Waals surface area contributed by atoms with Crippen molar-refractivity contribution in [3.05, 3.63) is 11.9 Å². The monoisotopic (exact) mass is 392 g/mol. The van der Waals surface area contributed by atoms with Crippen LogP contribution in [0.1, 0.15) is 49.1 Å². The molecule has 0 aromatic carbocycles. The molecule has 2 saturated heterocycles. The van der Waals surface area contributed by atoms with E-state index in [1.807, 2.05) is 4.68 Å². The smallest absolute Gasteiger partial charge is 0.273 e. The first-order valence-electron chi connectivity index (χ1n) is 8.85. The number of halogens is 2. The summed E-state index contributed by atoms with van der Waals surface area (Å²) in [6, 6.07) is 0.362. The van der Waals surface area contributed by atoms with E-state index in [0.29, 0.717) is 18.3 Å². The lowest BCUT2D eigenvalue weighted by molar-refractivity contribution is 0.0939. The van der Waals surface area contributed by atoms with Crippen LogP contribution in [0.2, 0.25) is 0 Å². The molecule has 3 rings (SSSR count). The Morgan fingerprint density at radius 2 is 1.92 bits per heavy atom. The summed E-state index contributed by atoms with van der Waals surface area (Å²) < 4.78 is 1.85. The summed E-state index contributed by atoms with van der Waals surface area (Å²) in [4.78, 5) is 14.6. The van der Waals surface area contributed by atoms with Gasteiger partial charge in [0.05, 0.1) is 12.2 Å². The highest BCUT2D eigenvalue weighted by Crippen LogP contribution is 2.17. The minimum atomic E-state index is -0.115. The maximum atomic E-state index is 12.2. The molecular formula is C16H30Cl2N6O. The minimum absolute atomic E-state index is 0. The van der Waals surface area contributed by atoms with Gasteiger partial charge in [0.2, 0.25) is 0 Å². The van der Waals surface area contributed by atoms with Crippen LogP contribution in [0.15, 0.2) is 6.20 Å². The number of amides is 1. The van der Waals surface area contributed by atoms with Gasteiger partial charge in [-0.25, -0.2) is 4.68 Å². The van der Waals surface area contributed by atoms with Crippen LogP contribution in [0.4, 0.5) is 0 Å². The third kappa shape index (κ3) is 6.40. The molecule has 0 bridgehead atoms. The van der Waals surface area contributed by atoms with Crippen LogP contribution in [0.5, 0.6) is 0 Å². The fourth-order valence-electron chi connectivity index (χ4n) is 3.33. The fraction of sp³-hybridized carbons (Fsp3) is 0.812. The van der Waals surface area contributed by atoms with E-state index in [1.165, 1.54) is 12.8 Å². The van der Waals surface area contributed by atoms with Crippen LogP contribution < -0.4 is 10.6 Å². The van der Waals surface area contributed by atoms with Crippen molar-refractivity contribution in [1.82, 2.24) is 30.5 Å². The Kier molecular flexibility index (Phi) is 9.71. The molecule has 2 fully saturated rings. The molecule has 0 spiro atoms. The fourth-order valence-corrected chi connectivity index (χ4v) is 3.33. The maximum Gasteiger partial charge on any atom is 0.273 e. The summed E-state index contributed by atoms with van der Waals surface area (Å²) in [5, 5.41) is 14.5. The van der Waals surface area contributed by atoms with Crippen molar-refractivity contribution in [1.29, 1.82) is 0 Å².